The highest BCUT2D eigenvalue weighted by Crippen LogP contribution is 2.30. The maximum Gasteiger partial charge on any atom is 0.193 e. The van der Waals surface area contributed by atoms with Crippen molar-refractivity contribution < 1.29 is 4.79 Å². The summed E-state index contributed by atoms with van der Waals surface area (Å²) >= 11 is 7.53. The number of nitrogens with zero attached hydrogens (tertiary/aromatic N) is 1. The van der Waals surface area contributed by atoms with E-state index in [1.54, 1.807) is 6.07 Å². The average Bonchev–Trinajstić information content (AvgIpc) is 2.61. The summed E-state index contributed by atoms with van der Waals surface area (Å²) in [5.41, 5.74) is -0.446. The van der Waals surface area contributed by atoms with Crippen LogP contribution in [0.2, 0.25) is 5.02 Å². The van der Waals surface area contributed by atoms with E-state index in [9.17, 15) is 4.79 Å². The second-order valence-corrected chi connectivity index (χ2v) is 6.71. The van der Waals surface area contributed by atoms with Crippen LogP contribution in [0, 0.1) is 0 Å². The molecule has 1 fully saturated rings. The lowest BCUT2D eigenvalue weighted by atomic mass is 9.95. The molecule has 0 amide bonds. The molecule has 1 aliphatic rings. The van der Waals surface area contributed by atoms with E-state index >= 15 is 0 Å². The number of carbonyl (C=O) groups is 1. The SMILES string of the molecule is CC(C)(C(=O)c1sccc1Cl)N1CCCCCC1. The third-order valence-electron chi connectivity index (χ3n) is 3.78. The Morgan fingerprint density at radius 3 is 2.39 bits per heavy atom. The molecule has 0 N–H and O–H groups in total. The highest BCUT2D eigenvalue weighted by atomic mass is 35.5. The fourth-order valence-corrected chi connectivity index (χ4v) is 3.74. The van der Waals surface area contributed by atoms with Gasteiger partial charge in [0.05, 0.1) is 15.4 Å². The largest absolute Gasteiger partial charge is 0.291 e. The zero-order valence-electron chi connectivity index (χ0n) is 11.0. The molecule has 18 heavy (non-hydrogen) atoms. The van der Waals surface area contributed by atoms with Gasteiger partial charge in [-0.2, -0.15) is 0 Å². The van der Waals surface area contributed by atoms with E-state index in [1.807, 2.05) is 19.2 Å². The number of rotatable bonds is 3. The van der Waals surface area contributed by atoms with Crippen LogP contribution in [-0.2, 0) is 0 Å². The maximum absolute atomic E-state index is 12.6. The van der Waals surface area contributed by atoms with E-state index in [0.717, 1.165) is 13.1 Å². The summed E-state index contributed by atoms with van der Waals surface area (Å²) in [4.78, 5) is 15.7. The molecule has 0 saturated carbocycles. The van der Waals surface area contributed by atoms with E-state index < -0.39 is 5.54 Å². The molecule has 2 nitrogen and oxygen atoms in total. The first kappa shape index (κ1) is 14.0. The minimum absolute atomic E-state index is 0.157. The first-order valence-corrected chi connectivity index (χ1v) is 7.82. The fraction of sp³-hybridized carbons (Fsp3) is 0.643. The van der Waals surface area contributed by atoms with E-state index in [2.05, 4.69) is 4.90 Å². The van der Waals surface area contributed by atoms with Crippen molar-refractivity contribution in [3.8, 4) is 0 Å². The number of Topliss-reactive ketones (excluding diaryl/α,β-unsaturated/α-hetero) is 1. The van der Waals surface area contributed by atoms with Crippen molar-refractivity contribution in [2.24, 2.45) is 0 Å². The lowest BCUT2D eigenvalue weighted by molar-refractivity contribution is 0.0654. The Morgan fingerprint density at radius 1 is 1.28 bits per heavy atom. The minimum atomic E-state index is -0.446. The number of hydrogen-bond acceptors (Lipinski definition) is 3. The molecule has 0 aromatic carbocycles. The monoisotopic (exact) mass is 285 g/mol. The summed E-state index contributed by atoms with van der Waals surface area (Å²) in [6, 6.07) is 1.80. The Kier molecular flexibility index (Phi) is 4.46. The van der Waals surface area contributed by atoms with Gasteiger partial charge in [-0.3, -0.25) is 9.69 Å². The fourth-order valence-electron chi connectivity index (χ4n) is 2.51. The zero-order chi connectivity index (χ0) is 13.2. The first-order valence-electron chi connectivity index (χ1n) is 6.56. The molecule has 2 rings (SSSR count). The van der Waals surface area contributed by atoms with Crippen LogP contribution in [0.5, 0.6) is 0 Å². The van der Waals surface area contributed by atoms with E-state index in [-0.39, 0.29) is 5.78 Å². The van der Waals surface area contributed by atoms with Crippen LogP contribution in [0.3, 0.4) is 0 Å². The molecule has 0 radical (unpaired) electrons. The molecule has 1 aromatic heterocycles. The number of halogens is 1. The predicted molar refractivity (Wildman–Crippen MR) is 77.8 cm³/mol. The first-order chi connectivity index (χ1) is 8.53. The summed E-state index contributed by atoms with van der Waals surface area (Å²) < 4.78 is 0. The van der Waals surface area contributed by atoms with Crippen LogP contribution in [0.4, 0.5) is 0 Å². The summed E-state index contributed by atoms with van der Waals surface area (Å²) in [5, 5.41) is 2.47. The number of ketones is 1. The molecular formula is C14H20ClNOS. The van der Waals surface area contributed by atoms with Crippen LogP contribution < -0.4 is 0 Å². The van der Waals surface area contributed by atoms with Crippen LogP contribution in [0.15, 0.2) is 11.4 Å². The minimum Gasteiger partial charge on any atom is -0.291 e. The van der Waals surface area contributed by atoms with Gasteiger partial charge in [0.15, 0.2) is 5.78 Å². The van der Waals surface area contributed by atoms with Crippen molar-refractivity contribution in [1.82, 2.24) is 4.90 Å². The van der Waals surface area contributed by atoms with Gasteiger partial charge in [0.25, 0.3) is 0 Å². The van der Waals surface area contributed by atoms with Crippen molar-refractivity contribution in [3.05, 3.63) is 21.3 Å². The van der Waals surface area contributed by atoms with Gasteiger partial charge in [-0.1, -0.05) is 24.4 Å². The summed E-state index contributed by atoms with van der Waals surface area (Å²) in [7, 11) is 0. The van der Waals surface area contributed by atoms with Crippen molar-refractivity contribution in [2.75, 3.05) is 13.1 Å². The van der Waals surface area contributed by atoms with Gasteiger partial charge in [0, 0.05) is 0 Å². The summed E-state index contributed by atoms with van der Waals surface area (Å²) in [6.45, 7) is 6.08. The quantitative estimate of drug-likeness (QED) is 0.774. The Hall–Kier alpha value is -0.380. The Bertz CT molecular complexity index is 419. The summed E-state index contributed by atoms with van der Waals surface area (Å²) in [6.07, 6.45) is 4.94. The second-order valence-electron chi connectivity index (χ2n) is 5.39. The molecule has 0 spiro atoms. The molecule has 2 heterocycles. The maximum atomic E-state index is 12.6. The molecule has 0 atom stereocenters. The van der Waals surface area contributed by atoms with E-state index in [0.29, 0.717) is 9.90 Å². The standard InChI is InChI=1S/C14H20ClNOS/c1-14(2,16-8-5-3-4-6-9-16)13(17)12-11(15)7-10-18-12/h7,10H,3-6,8-9H2,1-2H3. The normalized spacial score (nSPS) is 18.6. The van der Waals surface area contributed by atoms with Crippen LogP contribution in [-0.4, -0.2) is 29.3 Å². The number of likely N-dealkylation sites (tertiary alicyclic amines) is 1. The molecule has 1 aromatic rings. The Labute approximate surface area is 118 Å². The average molecular weight is 286 g/mol. The molecule has 1 aliphatic heterocycles. The highest BCUT2D eigenvalue weighted by molar-refractivity contribution is 7.12. The third-order valence-corrected chi connectivity index (χ3v) is 5.12. The van der Waals surface area contributed by atoms with Crippen LogP contribution >= 0.6 is 22.9 Å². The topological polar surface area (TPSA) is 20.3 Å². The smallest absolute Gasteiger partial charge is 0.193 e. The second kappa shape index (κ2) is 5.72. The lowest BCUT2D eigenvalue weighted by Crippen LogP contribution is -2.50. The lowest BCUT2D eigenvalue weighted by Gasteiger charge is -2.36. The van der Waals surface area contributed by atoms with Gasteiger partial charge in [-0.25, -0.2) is 0 Å². The molecule has 4 heteroatoms. The molecular weight excluding hydrogens is 266 g/mol. The van der Waals surface area contributed by atoms with E-state index in [4.69, 9.17) is 11.6 Å². The molecule has 1 saturated heterocycles. The van der Waals surface area contributed by atoms with Gasteiger partial charge in [0.1, 0.15) is 0 Å². The van der Waals surface area contributed by atoms with Gasteiger partial charge < -0.3 is 0 Å². The van der Waals surface area contributed by atoms with Gasteiger partial charge in [0.2, 0.25) is 0 Å². The van der Waals surface area contributed by atoms with Gasteiger partial charge >= 0.3 is 0 Å². The third kappa shape index (κ3) is 2.79. The Balaban J connectivity index is 2.19. The molecule has 0 aliphatic carbocycles. The van der Waals surface area contributed by atoms with Gasteiger partial charge in [-0.05, 0) is 51.2 Å². The van der Waals surface area contributed by atoms with E-state index in [1.165, 1.54) is 37.0 Å². The van der Waals surface area contributed by atoms with Crippen molar-refractivity contribution in [3.63, 3.8) is 0 Å². The molecule has 0 unspecified atom stereocenters. The number of hydrogen-bond donors (Lipinski definition) is 0. The highest BCUT2D eigenvalue weighted by Gasteiger charge is 2.36. The van der Waals surface area contributed by atoms with Crippen molar-refractivity contribution in [1.29, 1.82) is 0 Å². The van der Waals surface area contributed by atoms with Gasteiger partial charge in [-0.15, -0.1) is 11.3 Å². The van der Waals surface area contributed by atoms with Crippen molar-refractivity contribution >= 4 is 28.7 Å². The van der Waals surface area contributed by atoms with Crippen LogP contribution in [0.1, 0.15) is 49.2 Å². The van der Waals surface area contributed by atoms with Crippen LogP contribution in [0.25, 0.3) is 0 Å². The zero-order valence-corrected chi connectivity index (χ0v) is 12.6. The Morgan fingerprint density at radius 2 is 1.89 bits per heavy atom. The summed E-state index contributed by atoms with van der Waals surface area (Å²) in [5.74, 6) is 0.157. The number of carbonyl (C=O) groups excluding carboxylic acids is 1. The predicted octanol–water partition coefficient (Wildman–Crippen LogP) is 4.24. The molecule has 100 valence electrons. The number of thiophene rings is 1. The molecule has 0 bridgehead atoms. The van der Waals surface area contributed by atoms with Crippen molar-refractivity contribution in [2.45, 2.75) is 45.1 Å².